The number of aromatic nitrogens is 1. The summed E-state index contributed by atoms with van der Waals surface area (Å²) in [6, 6.07) is 14.8. The minimum atomic E-state index is -0.472. The maximum atomic E-state index is 11.6. The standard InChI is InChI=1S/C17H13NO4/c19-17(9-8-15-7-4-10-20-15)21-12-14-11-16(22-18-14)13-5-2-1-3-6-13/h1-11H,12H2/b9-8+. The van der Waals surface area contributed by atoms with Gasteiger partial charge in [0.15, 0.2) is 5.76 Å². The van der Waals surface area contributed by atoms with E-state index in [1.165, 1.54) is 12.3 Å². The summed E-state index contributed by atoms with van der Waals surface area (Å²) in [6.45, 7) is 0.0532. The first-order chi connectivity index (χ1) is 10.8. The molecule has 0 aliphatic heterocycles. The summed E-state index contributed by atoms with van der Waals surface area (Å²) in [6.07, 6.45) is 4.38. The summed E-state index contributed by atoms with van der Waals surface area (Å²) in [5.74, 6) is 0.753. The van der Waals surface area contributed by atoms with E-state index in [0.717, 1.165) is 5.56 Å². The molecular weight excluding hydrogens is 282 g/mol. The van der Waals surface area contributed by atoms with Crippen LogP contribution in [0.3, 0.4) is 0 Å². The highest BCUT2D eigenvalue weighted by Gasteiger charge is 2.08. The minimum Gasteiger partial charge on any atom is -0.465 e. The van der Waals surface area contributed by atoms with Crippen molar-refractivity contribution in [2.75, 3.05) is 0 Å². The second-order valence-electron chi connectivity index (χ2n) is 4.50. The molecule has 0 bridgehead atoms. The largest absolute Gasteiger partial charge is 0.465 e. The van der Waals surface area contributed by atoms with Gasteiger partial charge in [0.25, 0.3) is 0 Å². The van der Waals surface area contributed by atoms with E-state index in [9.17, 15) is 4.79 Å². The van der Waals surface area contributed by atoms with E-state index >= 15 is 0 Å². The molecule has 5 heteroatoms. The number of ether oxygens (including phenoxy) is 1. The SMILES string of the molecule is O=C(/C=C/c1ccco1)OCc1cc(-c2ccccc2)on1. The predicted molar refractivity (Wildman–Crippen MR) is 79.5 cm³/mol. The molecule has 3 aromatic rings. The van der Waals surface area contributed by atoms with Crippen LogP contribution < -0.4 is 0 Å². The first-order valence-corrected chi connectivity index (χ1v) is 6.70. The van der Waals surface area contributed by atoms with Gasteiger partial charge in [-0.3, -0.25) is 0 Å². The maximum absolute atomic E-state index is 11.6. The van der Waals surface area contributed by atoms with Crippen LogP contribution in [0, 0.1) is 0 Å². The fraction of sp³-hybridized carbons (Fsp3) is 0.0588. The third kappa shape index (κ3) is 3.52. The zero-order chi connectivity index (χ0) is 15.2. The third-order valence-corrected chi connectivity index (χ3v) is 2.91. The molecule has 2 heterocycles. The molecule has 0 fully saturated rings. The Bertz CT molecular complexity index is 757. The van der Waals surface area contributed by atoms with Crippen LogP contribution >= 0.6 is 0 Å². The Morgan fingerprint density at radius 1 is 1.18 bits per heavy atom. The van der Waals surface area contributed by atoms with E-state index in [2.05, 4.69) is 5.16 Å². The molecule has 0 saturated carbocycles. The molecule has 0 radical (unpaired) electrons. The molecule has 0 saturated heterocycles. The number of esters is 1. The van der Waals surface area contributed by atoms with Gasteiger partial charge in [0.2, 0.25) is 0 Å². The van der Waals surface area contributed by atoms with E-state index in [4.69, 9.17) is 13.7 Å². The molecule has 0 atom stereocenters. The molecule has 0 spiro atoms. The number of rotatable bonds is 5. The summed E-state index contributed by atoms with van der Waals surface area (Å²) in [5, 5.41) is 3.88. The van der Waals surface area contributed by atoms with Gasteiger partial charge in [-0.25, -0.2) is 4.79 Å². The summed E-state index contributed by atoms with van der Waals surface area (Å²) < 4.78 is 15.4. The normalized spacial score (nSPS) is 10.9. The van der Waals surface area contributed by atoms with Gasteiger partial charge in [-0.05, 0) is 18.2 Å². The first kappa shape index (κ1) is 13.9. The molecule has 2 aromatic heterocycles. The Morgan fingerprint density at radius 3 is 2.82 bits per heavy atom. The van der Waals surface area contributed by atoms with Crippen LogP contribution in [0.15, 0.2) is 69.8 Å². The van der Waals surface area contributed by atoms with Gasteiger partial charge >= 0.3 is 5.97 Å². The van der Waals surface area contributed by atoms with Crippen LogP contribution in [-0.2, 0) is 16.1 Å². The Balaban J connectivity index is 1.56. The smallest absolute Gasteiger partial charge is 0.331 e. The number of benzene rings is 1. The molecule has 1 aromatic carbocycles. The van der Waals surface area contributed by atoms with Crippen molar-refractivity contribution >= 4 is 12.0 Å². The first-order valence-electron chi connectivity index (χ1n) is 6.70. The van der Waals surface area contributed by atoms with Gasteiger partial charge in [0.05, 0.1) is 6.26 Å². The molecule has 3 rings (SSSR count). The lowest BCUT2D eigenvalue weighted by Crippen LogP contribution is -2.00. The van der Waals surface area contributed by atoms with Crippen molar-refractivity contribution in [3.63, 3.8) is 0 Å². The molecule has 0 aliphatic carbocycles. The molecule has 0 N–H and O–H groups in total. The Labute approximate surface area is 126 Å². The van der Waals surface area contributed by atoms with E-state index in [1.807, 2.05) is 30.3 Å². The Morgan fingerprint density at radius 2 is 2.05 bits per heavy atom. The van der Waals surface area contributed by atoms with Crippen molar-refractivity contribution in [2.24, 2.45) is 0 Å². The lowest BCUT2D eigenvalue weighted by atomic mass is 10.2. The topological polar surface area (TPSA) is 65.5 Å². The van der Waals surface area contributed by atoms with Crippen LogP contribution in [0.25, 0.3) is 17.4 Å². The van der Waals surface area contributed by atoms with Crippen LogP contribution in [0.5, 0.6) is 0 Å². The van der Waals surface area contributed by atoms with E-state index in [-0.39, 0.29) is 6.61 Å². The summed E-state index contributed by atoms with van der Waals surface area (Å²) in [5.41, 5.74) is 1.48. The molecule has 0 unspecified atom stereocenters. The van der Waals surface area contributed by atoms with E-state index < -0.39 is 5.97 Å². The van der Waals surface area contributed by atoms with Crippen LogP contribution in [-0.4, -0.2) is 11.1 Å². The fourth-order valence-corrected chi connectivity index (χ4v) is 1.85. The van der Waals surface area contributed by atoms with Crippen molar-refractivity contribution in [1.29, 1.82) is 0 Å². The quantitative estimate of drug-likeness (QED) is 0.530. The predicted octanol–water partition coefficient (Wildman–Crippen LogP) is 3.69. The lowest BCUT2D eigenvalue weighted by molar-refractivity contribution is -0.139. The second kappa shape index (κ2) is 6.58. The van der Waals surface area contributed by atoms with Gasteiger partial charge in [-0.1, -0.05) is 35.5 Å². The van der Waals surface area contributed by atoms with Gasteiger partial charge in [0, 0.05) is 17.7 Å². The second-order valence-corrected chi connectivity index (χ2v) is 4.50. The molecule has 110 valence electrons. The molecule has 0 amide bonds. The summed E-state index contributed by atoms with van der Waals surface area (Å²) in [4.78, 5) is 11.6. The van der Waals surface area contributed by atoms with Gasteiger partial charge in [0.1, 0.15) is 18.1 Å². The average Bonchev–Trinajstić information content (AvgIpc) is 3.23. The highest BCUT2D eigenvalue weighted by atomic mass is 16.5. The van der Waals surface area contributed by atoms with Crippen molar-refractivity contribution in [1.82, 2.24) is 5.16 Å². The average molecular weight is 295 g/mol. The molecule has 0 aliphatic rings. The van der Waals surface area contributed by atoms with Crippen molar-refractivity contribution < 1.29 is 18.5 Å². The molecule has 22 heavy (non-hydrogen) atoms. The highest BCUT2D eigenvalue weighted by molar-refractivity contribution is 5.86. The zero-order valence-corrected chi connectivity index (χ0v) is 11.6. The van der Waals surface area contributed by atoms with Crippen LogP contribution in [0.1, 0.15) is 11.5 Å². The molecule has 5 nitrogen and oxygen atoms in total. The highest BCUT2D eigenvalue weighted by Crippen LogP contribution is 2.19. The number of furan rings is 1. The van der Waals surface area contributed by atoms with E-state index in [0.29, 0.717) is 17.2 Å². The number of carbonyl (C=O) groups excluding carboxylic acids is 1. The fourth-order valence-electron chi connectivity index (χ4n) is 1.85. The lowest BCUT2D eigenvalue weighted by Gasteiger charge is -1.96. The molecular formula is C17H13NO4. The Hall–Kier alpha value is -3.08. The van der Waals surface area contributed by atoms with Crippen molar-refractivity contribution in [3.05, 3.63) is 72.3 Å². The zero-order valence-electron chi connectivity index (χ0n) is 11.6. The van der Waals surface area contributed by atoms with Crippen molar-refractivity contribution in [3.8, 4) is 11.3 Å². The number of carbonyl (C=O) groups is 1. The van der Waals surface area contributed by atoms with Crippen LogP contribution in [0.2, 0.25) is 0 Å². The van der Waals surface area contributed by atoms with Crippen LogP contribution in [0.4, 0.5) is 0 Å². The summed E-state index contributed by atoms with van der Waals surface area (Å²) >= 11 is 0. The number of hydrogen-bond donors (Lipinski definition) is 0. The summed E-state index contributed by atoms with van der Waals surface area (Å²) in [7, 11) is 0. The van der Waals surface area contributed by atoms with E-state index in [1.54, 1.807) is 24.3 Å². The van der Waals surface area contributed by atoms with Gasteiger partial charge in [-0.2, -0.15) is 0 Å². The maximum Gasteiger partial charge on any atom is 0.331 e. The van der Waals surface area contributed by atoms with Crippen molar-refractivity contribution in [2.45, 2.75) is 6.61 Å². The monoisotopic (exact) mass is 295 g/mol. The minimum absolute atomic E-state index is 0.0532. The third-order valence-electron chi connectivity index (χ3n) is 2.91. The Kier molecular flexibility index (Phi) is 4.15. The van der Waals surface area contributed by atoms with Gasteiger partial charge in [-0.15, -0.1) is 0 Å². The number of hydrogen-bond acceptors (Lipinski definition) is 5. The number of nitrogens with zero attached hydrogens (tertiary/aromatic N) is 1. The van der Waals surface area contributed by atoms with Gasteiger partial charge < -0.3 is 13.7 Å².